The van der Waals surface area contributed by atoms with E-state index >= 15 is 0 Å². The van der Waals surface area contributed by atoms with Crippen molar-refractivity contribution in [3.8, 4) is 0 Å². The van der Waals surface area contributed by atoms with Gasteiger partial charge in [0.2, 0.25) is 0 Å². The summed E-state index contributed by atoms with van der Waals surface area (Å²) >= 11 is 0. The lowest BCUT2D eigenvalue weighted by molar-refractivity contribution is 0.596. The minimum absolute atomic E-state index is 0.0843. The fourth-order valence-corrected chi connectivity index (χ4v) is 3.84. The van der Waals surface area contributed by atoms with Crippen molar-refractivity contribution in [2.75, 3.05) is 23.0 Å². The number of nitrogens with two attached hydrogens (primary N) is 1. The van der Waals surface area contributed by atoms with E-state index in [0.29, 0.717) is 22.8 Å². The molecule has 0 radical (unpaired) electrons. The predicted octanol–water partition coefficient (Wildman–Crippen LogP) is 1.51. The summed E-state index contributed by atoms with van der Waals surface area (Å²) in [7, 11) is -4.21. The van der Waals surface area contributed by atoms with Crippen LogP contribution in [0.1, 0.15) is 18.9 Å². The molecule has 0 saturated heterocycles. The van der Waals surface area contributed by atoms with E-state index in [2.05, 4.69) is 0 Å². The molecule has 0 aliphatic heterocycles. The van der Waals surface area contributed by atoms with Gasteiger partial charge in [0, 0.05) is 11.5 Å². The van der Waals surface area contributed by atoms with Crippen LogP contribution in [-0.4, -0.2) is 29.9 Å². The summed E-state index contributed by atoms with van der Waals surface area (Å²) in [6, 6.07) is 5.39. The van der Waals surface area contributed by atoms with Gasteiger partial charge in [-0.3, -0.25) is 4.21 Å². The molecule has 1 rings (SSSR count). The Balaban J connectivity index is 2.64. The van der Waals surface area contributed by atoms with Crippen LogP contribution >= 0.6 is 0 Å². The van der Waals surface area contributed by atoms with Crippen molar-refractivity contribution >= 4 is 26.3 Å². The van der Waals surface area contributed by atoms with Gasteiger partial charge in [-0.05, 0) is 25.0 Å². The summed E-state index contributed by atoms with van der Waals surface area (Å²) in [4.78, 5) is 0.601. The Morgan fingerprint density at radius 3 is 2.61 bits per heavy atom. The number of anilines is 1. The molecule has 18 heavy (non-hydrogen) atoms. The second-order valence-corrected chi connectivity index (χ2v) is 8.14. The first-order valence-corrected chi connectivity index (χ1v) is 8.95. The maximum absolute atomic E-state index is 12.0. The average Bonchev–Trinajstić information content (AvgIpc) is 2.32. The molecule has 4 nitrogen and oxygen atoms in total. The first-order chi connectivity index (χ1) is 8.37. The van der Waals surface area contributed by atoms with Crippen LogP contribution in [0.3, 0.4) is 0 Å². The number of rotatable bonds is 6. The highest BCUT2D eigenvalue weighted by molar-refractivity contribution is 7.91. The topological polar surface area (TPSA) is 77.2 Å². The smallest absolute Gasteiger partial charge is 0.150 e. The molecule has 1 aromatic carbocycles. The number of hydrogen-bond donors (Lipinski definition) is 1. The molecule has 0 aromatic heterocycles. The van der Waals surface area contributed by atoms with Crippen LogP contribution in [0.25, 0.3) is 0 Å². The van der Waals surface area contributed by atoms with Crippen molar-refractivity contribution in [1.82, 2.24) is 0 Å². The molecule has 0 spiro atoms. The average molecular weight is 289 g/mol. The predicted molar refractivity (Wildman–Crippen MR) is 75.8 cm³/mol. The second-order valence-electron chi connectivity index (χ2n) is 4.13. The number of para-hydroxylation sites is 1. The molecule has 0 amide bonds. The molecule has 0 aliphatic carbocycles. The zero-order valence-corrected chi connectivity index (χ0v) is 12.3. The number of benzene rings is 1. The summed E-state index contributed by atoms with van der Waals surface area (Å²) in [5.41, 5.74) is 7.28. The van der Waals surface area contributed by atoms with Crippen LogP contribution in [0.5, 0.6) is 0 Å². The van der Waals surface area contributed by atoms with E-state index < -0.39 is 20.6 Å². The van der Waals surface area contributed by atoms with Crippen LogP contribution in [0.15, 0.2) is 23.1 Å². The van der Waals surface area contributed by atoms with Gasteiger partial charge >= 0.3 is 0 Å². The molecule has 2 N–H and O–H groups in total. The Bertz CT molecular complexity index is 538. The highest BCUT2D eigenvalue weighted by Crippen LogP contribution is 2.20. The van der Waals surface area contributed by atoms with Crippen molar-refractivity contribution in [3.63, 3.8) is 0 Å². The Hall–Kier alpha value is -0.880. The van der Waals surface area contributed by atoms with Gasteiger partial charge in [0.05, 0.1) is 27.1 Å². The van der Waals surface area contributed by atoms with Crippen LogP contribution in [0.4, 0.5) is 5.69 Å². The van der Waals surface area contributed by atoms with Crippen molar-refractivity contribution < 1.29 is 12.6 Å². The monoisotopic (exact) mass is 289 g/mol. The normalized spacial score (nSPS) is 13.4. The third kappa shape index (κ3) is 4.10. The van der Waals surface area contributed by atoms with Gasteiger partial charge in [-0.15, -0.1) is 0 Å². The third-order valence-corrected chi connectivity index (χ3v) is 6.05. The van der Waals surface area contributed by atoms with Gasteiger partial charge in [-0.25, -0.2) is 8.42 Å². The minimum Gasteiger partial charge on any atom is -0.398 e. The molecule has 102 valence electrons. The van der Waals surface area contributed by atoms with Crippen molar-refractivity contribution in [2.24, 2.45) is 0 Å². The largest absolute Gasteiger partial charge is 0.398 e. The first kappa shape index (κ1) is 15.2. The first-order valence-electron chi connectivity index (χ1n) is 5.81. The van der Waals surface area contributed by atoms with E-state index in [0.717, 1.165) is 5.56 Å². The lowest BCUT2D eigenvalue weighted by Crippen LogP contribution is -2.12. The Labute approximate surface area is 111 Å². The summed E-state index contributed by atoms with van der Waals surface area (Å²) < 4.78 is 34.7. The van der Waals surface area contributed by atoms with E-state index in [1.165, 1.54) is 0 Å². The molecular weight excluding hydrogens is 270 g/mol. The molecule has 0 heterocycles. The highest BCUT2D eigenvalue weighted by Gasteiger charge is 2.12. The molecule has 0 aliphatic rings. The molecule has 0 fully saturated rings. The zero-order chi connectivity index (χ0) is 13.8. The van der Waals surface area contributed by atoms with E-state index in [1.54, 1.807) is 13.0 Å². The Morgan fingerprint density at radius 2 is 2.00 bits per heavy atom. The second kappa shape index (κ2) is 6.33. The zero-order valence-electron chi connectivity index (χ0n) is 10.7. The summed E-state index contributed by atoms with van der Waals surface area (Å²) in [5.74, 6) is 0.542. The summed E-state index contributed by atoms with van der Waals surface area (Å²) in [6.45, 7) is 3.47. The molecule has 6 heteroatoms. The lowest BCUT2D eigenvalue weighted by Gasteiger charge is -2.08. The van der Waals surface area contributed by atoms with Gasteiger partial charge in [-0.2, -0.15) is 0 Å². The SMILES string of the molecule is CCS(=O)(=O)CCCS(=O)c1cccc(C)c1N. The van der Waals surface area contributed by atoms with Gasteiger partial charge in [0.25, 0.3) is 0 Å². The van der Waals surface area contributed by atoms with Gasteiger partial charge < -0.3 is 5.73 Å². The Kier molecular flexibility index (Phi) is 5.34. The molecule has 0 saturated carbocycles. The lowest BCUT2D eigenvalue weighted by atomic mass is 10.2. The van der Waals surface area contributed by atoms with Crippen molar-refractivity contribution in [2.45, 2.75) is 25.2 Å². The number of nitrogen functional groups attached to an aromatic ring is 1. The number of sulfone groups is 1. The standard InChI is InChI=1S/C12H19NO3S2/c1-3-18(15,16)9-5-8-17(14)11-7-4-6-10(2)12(11)13/h4,6-7H,3,5,8-9,13H2,1-2H3. The maximum Gasteiger partial charge on any atom is 0.150 e. The van der Waals surface area contributed by atoms with Gasteiger partial charge in [0.15, 0.2) is 0 Å². The van der Waals surface area contributed by atoms with E-state index in [1.807, 2.05) is 19.1 Å². The van der Waals surface area contributed by atoms with Gasteiger partial charge in [-0.1, -0.05) is 19.1 Å². The van der Waals surface area contributed by atoms with Crippen LogP contribution in [0, 0.1) is 6.92 Å². The van der Waals surface area contributed by atoms with Gasteiger partial charge in [0.1, 0.15) is 9.84 Å². The van der Waals surface area contributed by atoms with E-state index in [4.69, 9.17) is 5.73 Å². The Morgan fingerprint density at radius 1 is 1.33 bits per heavy atom. The molecule has 1 atom stereocenters. The van der Waals surface area contributed by atoms with E-state index in [9.17, 15) is 12.6 Å². The maximum atomic E-state index is 12.0. The summed E-state index contributed by atoms with van der Waals surface area (Å²) in [6.07, 6.45) is 0.399. The highest BCUT2D eigenvalue weighted by atomic mass is 32.2. The van der Waals surface area contributed by atoms with Crippen LogP contribution in [0.2, 0.25) is 0 Å². The third-order valence-electron chi connectivity index (χ3n) is 2.75. The number of aryl methyl sites for hydroxylation is 1. The molecule has 1 aromatic rings. The fraction of sp³-hybridized carbons (Fsp3) is 0.500. The number of hydrogen-bond acceptors (Lipinski definition) is 4. The van der Waals surface area contributed by atoms with Crippen LogP contribution < -0.4 is 5.73 Å². The minimum atomic E-state index is -2.98. The molecular formula is C12H19NO3S2. The molecule has 1 unspecified atom stereocenters. The quantitative estimate of drug-likeness (QED) is 0.805. The van der Waals surface area contributed by atoms with Crippen molar-refractivity contribution in [1.29, 1.82) is 0 Å². The fourth-order valence-electron chi connectivity index (χ4n) is 1.52. The van der Waals surface area contributed by atoms with E-state index in [-0.39, 0.29) is 11.5 Å². The molecule has 0 bridgehead atoms. The van der Waals surface area contributed by atoms with Crippen molar-refractivity contribution in [3.05, 3.63) is 23.8 Å². The van der Waals surface area contributed by atoms with Crippen LogP contribution in [-0.2, 0) is 20.6 Å². The summed E-state index contributed by atoms with van der Waals surface area (Å²) in [5, 5.41) is 0.